The van der Waals surface area contributed by atoms with Crippen molar-refractivity contribution in [1.29, 1.82) is 0 Å². The highest BCUT2D eigenvalue weighted by molar-refractivity contribution is 7.07. The molecule has 5 nitrogen and oxygen atoms in total. The minimum atomic E-state index is 0. The predicted octanol–water partition coefficient (Wildman–Crippen LogP) is 1.77. The van der Waals surface area contributed by atoms with Crippen molar-refractivity contribution in [2.45, 2.75) is 63.7 Å². The monoisotopic (exact) mass is 345 g/mol. The minimum Gasteiger partial charge on any atom is -0.343 e. The van der Waals surface area contributed by atoms with Crippen LogP contribution >= 0.6 is 23.7 Å². The number of halogens is 1. The van der Waals surface area contributed by atoms with E-state index in [1.807, 2.05) is 24.3 Å². The van der Waals surface area contributed by atoms with Crippen LogP contribution in [0.5, 0.6) is 0 Å². The summed E-state index contributed by atoms with van der Waals surface area (Å²) in [5.41, 5.74) is 0.945. The van der Waals surface area contributed by atoms with E-state index in [0.717, 1.165) is 18.5 Å². The lowest BCUT2D eigenvalue weighted by molar-refractivity contribution is -0.132. The summed E-state index contributed by atoms with van der Waals surface area (Å²) in [4.78, 5) is 26.0. The predicted molar refractivity (Wildman–Crippen MR) is 90.9 cm³/mol. The van der Waals surface area contributed by atoms with Gasteiger partial charge in [-0.2, -0.15) is 0 Å². The molecule has 0 radical (unpaired) electrons. The van der Waals surface area contributed by atoms with Gasteiger partial charge in [-0.15, -0.1) is 12.4 Å². The van der Waals surface area contributed by atoms with Gasteiger partial charge in [0, 0.05) is 49.2 Å². The quantitative estimate of drug-likeness (QED) is 0.904. The molecule has 1 aromatic heterocycles. The van der Waals surface area contributed by atoms with Gasteiger partial charge in [-0.05, 0) is 32.6 Å². The first kappa shape index (κ1) is 17.5. The van der Waals surface area contributed by atoms with Crippen molar-refractivity contribution < 1.29 is 4.79 Å². The summed E-state index contributed by atoms with van der Waals surface area (Å²) in [6.07, 6.45) is 5.03. The lowest BCUT2D eigenvalue weighted by Crippen LogP contribution is -2.48. The summed E-state index contributed by atoms with van der Waals surface area (Å²) in [7, 11) is 1.92. The lowest BCUT2D eigenvalue weighted by atomic mass is 9.98. The number of piperidine rings is 1. The van der Waals surface area contributed by atoms with E-state index in [9.17, 15) is 9.59 Å². The van der Waals surface area contributed by atoms with E-state index in [1.165, 1.54) is 24.2 Å². The Balaban J connectivity index is 0.00000176. The lowest BCUT2D eigenvalue weighted by Gasteiger charge is -2.35. The molecule has 2 atom stereocenters. The molecule has 3 rings (SSSR count). The molecule has 22 heavy (non-hydrogen) atoms. The first-order chi connectivity index (χ1) is 10.0. The third-order valence-corrected chi connectivity index (χ3v) is 5.80. The Hall–Kier alpha value is -0.850. The normalized spacial score (nSPS) is 26.5. The fraction of sp³-hybridized carbons (Fsp3) is 0.733. The molecule has 124 valence electrons. The number of nitrogens with zero attached hydrogens (tertiary/aromatic N) is 2. The zero-order valence-electron chi connectivity index (χ0n) is 13.1. The molecule has 0 aromatic carbocycles. The van der Waals surface area contributed by atoms with Crippen molar-refractivity contribution in [1.82, 2.24) is 14.8 Å². The summed E-state index contributed by atoms with van der Waals surface area (Å²) < 4.78 is 1.70. The number of fused-ring (bicyclic) bond motifs is 2. The average Bonchev–Trinajstić information content (AvgIpc) is 2.98. The number of carbonyl (C=O) groups excluding carboxylic acids is 1. The van der Waals surface area contributed by atoms with Crippen molar-refractivity contribution in [3.05, 3.63) is 20.7 Å². The van der Waals surface area contributed by atoms with Gasteiger partial charge < -0.3 is 14.8 Å². The number of nitrogens with one attached hydrogen (secondary N) is 1. The molecule has 2 aliphatic rings. The van der Waals surface area contributed by atoms with Gasteiger partial charge in [-0.25, -0.2) is 0 Å². The van der Waals surface area contributed by atoms with Crippen molar-refractivity contribution in [2.75, 3.05) is 7.05 Å². The van der Waals surface area contributed by atoms with Gasteiger partial charge in [0.2, 0.25) is 5.91 Å². The number of thiazole rings is 1. The number of hydrogen-bond donors (Lipinski definition) is 1. The summed E-state index contributed by atoms with van der Waals surface area (Å²) in [6, 6.07) is 1.54. The van der Waals surface area contributed by atoms with Crippen LogP contribution in [0.1, 0.15) is 37.8 Å². The maximum Gasteiger partial charge on any atom is 0.307 e. The topological polar surface area (TPSA) is 54.3 Å². The molecule has 1 N–H and O–H groups in total. The Morgan fingerprint density at radius 1 is 1.41 bits per heavy atom. The molecule has 7 heteroatoms. The Morgan fingerprint density at radius 3 is 2.59 bits per heavy atom. The Bertz CT molecular complexity index is 574. The van der Waals surface area contributed by atoms with Crippen molar-refractivity contribution in [3.8, 4) is 0 Å². The number of amides is 1. The number of rotatable bonds is 4. The second-order valence-electron chi connectivity index (χ2n) is 6.31. The standard InChI is InChI=1S/C15H23N3O2S.ClH/c1-10-9-21-15(20)18(10)6-5-14(19)17(2)13-7-11-3-4-12(8-13)16-11;/h9,11-13,16H,3-8H2,1-2H3;1H. The van der Waals surface area contributed by atoms with Crippen LogP contribution in [0.2, 0.25) is 0 Å². The van der Waals surface area contributed by atoms with Gasteiger partial charge in [-0.1, -0.05) is 11.3 Å². The van der Waals surface area contributed by atoms with Gasteiger partial charge in [0.15, 0.2) is 0 Å². The zero-order valence-corrected chi connectivity index (χ0v) is 14.7. The fourth-order valence-corrected chi connectivity index (χ4v) is 4.37. The van der Waals surface area contributed by atoms with Crippen molar-refractivity contribution >= 4 is 29.7 Å². The molecule has 2 saturated heterocycles. The SMILES string of the molecule is Cc1csc(=O)n1CCC(=O)N(C)C1CC2CCC(C1)N2.Cl. The highest BCUT2D eigenvalue weighted by Gasteiger charge is 2.36. The van der Waals surface area contributed by atoms with E-state index in [1.54, 1.807) is 4.57 Å². The number of hydrogen-bond acceptors (Lipinski definition) is 4. The van der Waals surface area contributed by atoms with Crippen LogP contribution in [0.25, 0.3) is 0 Å². The van der Waals surface area contributed by atoms with Crippen LogP contribution < -0.4 is 10.2 Å². The highest BCUT2D eigenvalue weighted by Crippen LogP contribution is 2.29. The number of aromatic nitrogens is 1. The first-order valence-electron chi connectivity index (χ1n) is 7.71. The van der Waals surface area contributed by atoms with Gasteiger partial charge in [0.05, 0.1) is 0 Å². The summed E-state index contributed by atoms with van der Waals surface area (Å²) in [6.45, 7) is 2.41. The van der Waals surface area contributed by atoms with Crippen molar-refractivity contribution in [2.24, 2.45) is 0 Å². The maximum atomic E-state index is 12.4. The molecular weight excluding hydrogens is 322 g/mol. The third-order valence-electron chi connectivity index (χ3n) is 4.92. The second-order valence-corrected chi connectivity index (χ2v) is 7.13. The molecule has 2 unspecified atom stereocenters. The maximum absolute atomic E-state index is 12.4. The first-order valence-corrected chi connectivity index (χ1v) is 8.59. The van der Waals surface area contributed by atoms with E-state index in [4.69, 9.17) is 0 Å². The Morgan fingerprint density at radius 2 is 2.05 bits per heavy atom. The molecule has 0 saturated carbocycles. The third kappa shape index (κ3) is 3.55. The van der Waals surface area contributed by atoms with E-state index in [-0.39, 0.29) is 23.2 Å². The van der Waals surface area contributed by atoms with Gasteiger partial charge in [0.25, 0.3) is 0 Å². The highest BCUT2D eigenvalue weighted by atomic mass is 35.5. The van der Waals surface area contributed by atoms with Gasteiger partial charge >= 0.3 is 4.87 Å². The fourth-order valence-electron chi connectivity index (χ4n) is 3.61. The van der Waals surface area contributed by atoms with E-state index in [0.29, 0.717) is 31.1 Å². The van der Waals surface area contributed by atoms with E-state index < -0.39 is 0 Å². The molecule has 2 fully saturated rings. The molecule has 0 aliphatic carbocycles. The van der Waals surface area contributed by atoms with Crippen LogP contribution in [-0.2, 0) is 11.3 Å². The largest absolute Gasteiger partial charge is 0.343 e. The molecule has 3 heterocycles. The van der Waals surface area contributed by atoms with Crippen LogP contribution in [0.3, 0.4) is 0 Å². The second kappa shape index (κ2) is 7.15. The van der Waals surface area contributed by atoms with Crippen LogP contribution in [-0.4, -0.2) is 40.5 Å². The molecule has 1 aromatic rings. The van der Waals surface area contributed by atoms with Gasteiger partial charge in [-0.3, -0.25) is 9.59 Å². The van der Waals surface area contributed by atoms with E-state index >= 15 is 0 Å². The molecule has 2 bridgehead atoms. The van der Waals surface area contributed by atoms with Crippen molar-refractivity contribution in [3.63, 3.8) is 0 Å². The summed E-state index contributed by atoms with van der Waals surface area (Å²) in [5, 5.41) is 5.45. The molecule has 2 aliphatic heterocycles. The number of aryl methyl sites for hydroxylation is 1. The average molecular weight is 346 g/mol. The Kier molecular flexibility index (Phi) is 5.69. The van der Waals surface area contributed by atoms with E-state index in [2.05, 4.69) is 5.32 Å². The summed E-state index contributed by atoms with van der Waals surface area (Å²) >= 11 is 1.20. The van der Waals surface area contributed by atoms with Gasteiger partial charge in [0.1, 0.15) is 0 Å². The molecule has 0 spiro atoms. The number of carbonyl (C=O) groups is 1. The summed E-state index contributed by atoms with van der Waals surface area (Å²) in [5.74, 6) is 0.152. The van der Waals surface area contributed by atoms with Crippen LogP contribution in [0.15, 0.2) is 10.2 Å². The smallest absolute Gasteiger partial charge is 0.307 e. The van der Waals surface area contributed by atoms with Crippen LogP contribution in [0, 0.1) is 6.92 Å². The zero-order chi connectivity index (χ0) is 15.0. The van der Waals surface area contributed by atoms with Crippen LogP contribution in [0.4, 0.5) is 0 Å². The minimum absolute atomic E-state index is 0. The molecule has 1 amide bonds. The Labute approximate surface area is 141 Å². The molecular formula is C15H24ClN3O2S.